The fraction of sp³-hybridized carbons (Fsp3) is 0.537. The molecule has 2 saturated heterocycles. The molecule has 5 aliphatic rings. The van der Waals surface area contributed by atoms with Crippen LogP contribution in [-0.4, -0.2) is 112 Å². The summed E-state index contributed by atoms with van der Waals surface area (Å²) in [5.41, 5.74) is 2.32. The zero-order valence-corrected chi connectivity index (χ0v) is 43.0. The topological polar surface area (TPSA) is 199 Å². The summed E-state index contributed by atoms with van der Waals surface area (Å²) in [6, 6.07) is 16.6. The zero-order valence-electron chi connectivity index (χ0n) is 42.2. The monoisotopic (exact) mass is 1040 g/mol. The minimum Gasteiger partial charge on any atom is -0.455 e. The van der Waals surface area contributed by atoms with Crippen LogP contribution in [0.4, 0.5) is 30.4 Å². The van der Waals surface area contributed by atoms with Gasteiger partial charge in [0.1, 0.15) is 27.9 Å². The number of nitrogens with zero attached hydrogens (tertiary/aromatic N) is 6. The number of benzene rings is 2. The maximum atomic E-state index is 14.7. The van der Waals surface area contributed by atoms with E-state index in [9.17, 15) is 41.6 Å². The number of piperazine rings is 1. The molecule has 74 heavy (non-hydrogen) atoms. The predicted octanol–water partition coefficient (Wildman–Crippen LogP) is 10.1. The second kappa shape index (κ2) is 20.4. The fourth-order valence-corrected chi connectivity index (χ4v) is 13.3. The third kappa shape index (κ3) is 11.0. The number of amides is 1. The fourth-order valence-electron chi connectivity index (χ4n) is 12.4. The molecular weight excluding hydrogens is 976 g/mol. The number of aliphatic hydroxyl groups is 1. The number of fused-ring (bicyclic) bond motifs is 1. The van der Waals surface area contributed by atoms with Crippen LogP contribution in [0.5, 0.6) is 11.5 Å². The van der Waals surface area contributed by atoms with Gasteiger partial charge in [-0.2, -0.15) is 0 Å². The number of nitrogens with one attached hydrogen (secondary N) is 3. The number of anilines is 2. The van der Waals surface area contributed by atoms with Gasteiger partial charge in [0, 0.05) is 94.3 Å². The smallest absolute Gasteiger partial charge is 0.312 e. The molecule has 1 atom stereocenters. The molecule has 2 aliphatic heterocycles. The van der Waals surface area contributed by atoms with Crippen LogP contribution in [-0.2, 0) is 10.0 Å². The molecule has 3 aliphatic carbocycles. The molecule has 2 aromatic carbocycles. The highest BCUT2D eigenvalue weighted by Gasteiger charge is 2.51. The molecule has 0 radical (unpaired) electrons. The number of aromatic nitrogens is 3. The van der Waals surface area contributed by atoms with Gasteiger partial charge in [-0.15, -0.1) is 0 Å². The Bertz CT molecular complexity index is 2990. The maximum absolute atomic E-state index is 14.7. The number of ether oxygens (including phenoxy) is 1. The Morgan fingerprint density at radius 1 is 0.946 bits per heavy atom. The largest absolute Gasteiger partial charge is 0.455 e. The summed E-state index contributed by atoms with van der Waals surface area (Å²) in [5.74, 6) is -3.76. The lowest BCUT2D eigenvalue weighted by Crippen LogP contribution is -2.61. The molecule has 5 fully saturated rings. The number of hydrogen-bond acceptors (Lipinski definition) is 13. The van der Waals surface area contributed by atoms with E-state index < -0.39 is 48.8 Å². The lowest BCUT2D eigenvalue weighted by molar-refractivity contribution is -0.384. The van der Waals surface area contributed by atoms with Crippen LogP contribution in [0.25, 0.3) is 11.0 Å². The molecule has 5 aromatic rings. The number of carbonyl (C=O) groups is 1. The molecule has 3 saturated carbocycles. The van der Waals surface area contributed by atoms with Crippen molar-refractivity contribution in [1.29, 1.82) is 0 Å². The van der Waals surface area contributed by atoms with E-state index in [1.165, 1.54) is 35.7 Å². The standard InChI is InChI=1S/C54H66F3N9O7S/c1-34(2)41-6-4-5-7-42(41)47-33-64(36-12-16-54(56,57)17-13-36)22-23-65(47)38-27-53(28-38)18-20-63(21-19-53)37-8-9-43(48(24-37)73-39-25-44-45(55)32-61-49(44)59-30-39)51(67)62-74(71,72)40-26-46(66(69)70)50(60-31-40)58-29-35-10-14-52(3,68)15-11-35/h4-9,24-26,30-32,34-36,38,47,68H,10-23,27-29,33H2,1-3H3,(H,58,60)(H,59,61)(H,62,67)/t35?,47-,52?/m0/s1. The first-order chi connectivity index (χ1) is 35.2. The highest BCUT2D eigenvalue weighted by molar-refractivity contribution is 7.90. The van der Waals surface area contributed by atoms with E-state index in [2.05, 4.69) is 73.1 Å². The summed E-state index contributed by atoms with van der Waals surface area (Å²) in [7, 11) is -4.72. The Morgan fingerprint density at radius 3 is 2.39 bits per heavy atom. The van der Waals surface area contributed by atoms with E-state index >= 15 is 0 Å². The van der Waals surface area contributed by atoms with Gasteiger partial charge >= 0.3 is 5.69 Å². The average Bonchev–Trinajstić information content (AvgIpc) is 3.74. The number of halogens is 3. The SMILES string of the molecule is CC(C)c1ccccc1[C@@H]1CN(C2CCC(F)(F)CC2)CCN1C1CC2(CCN(c3ccc(C(=O)NS(=O)(=O)c4cnc(NCC5CCC(C)(O)CC5)c([N+](=O)[O-])c4)c(Oc4cnc5[nH]cc(F)c5c4)c3)CC2)C1. The number of H-pyrrole nitrogens is 1. The molecule has 396 valence electrons. The molecule has 4 N–H and O–H groups in total. The van der Waals surface area contributed by atoms with Crippen molar-refractivity contribution < 1.29 is 41.2 Å². The lowest BCUT2D eigenvalue weighted by atomic mass is 9.59. The van der Waals surface area contributed by atoms with Crippen LogP contribution in [0, 0.1) is 27.3 Å². The second-order valence-corrected chi connectivity index (χ2v) is 23.9. The maximum Gasteiger partial charge on any atom is 0.312 e. The number of aromatic amines is 1. The lowest BCUT2D eigenvalue weighted by Gasteiger charge is -2.59. The zero-order chi connectivity index (χ0) is 52.2. The Morgan fingerprint density at radius 2 is 1.68 bits per heavy atom. The molecule has 5 heterocycles. The molecule has 3 aromatic heterocycles. The van der Waals surface area contributed by atoms with E-state index in [-0.39, 0.29) is 70.2 Å². The second-order valence-electron chi connectivity index (χ2n) is 22.2. The van der Waals surface area contributed by atoms with Crippen molar-refractivity contribution in [2.75, 3.05) is 49.5 Å². The molecular formula is C54H66F3N9O7S. The van der Waals surface area contributed by atoms with E-state index in [1.54, 1.807) is 19.1 Å². The highest BCUT2D eigenvalue weighted by Crippen LogP contribution is 2.54. The van der Waals surface area contributed by atoms with Crippen molar-refractivity contribution in [3.63, 3.8) is 0 Å². The average molecular weight is 1040 g/mol. The Kier molecular flexibility index (Phi) is 14.2. The van der Waals surface area contributed by atoms with Gasteiger partial charge in [0.15, 0.2) is 0 Å². The number of rotatable bonds is 14. The molecule has 20 heteroatoms. The third-order valence-corrected chi connectivity index (χ3v) is 18.1. The van der Waals surface area contributed by atoms with Gasteiger partial charge in [0.05, 0.1) is 33.9 Å². The summed E-state index contributed by atoms with van der Waals surface area (Å²) >= 11 is 0. The first kappa shape index (κ1) is 51.6. The van der Waals surface area contributed by atoms with Crippen LogP contribution in [0.1, 0.15) is 131 Å². The molecule has 1 amide bonds. The molecule has 1 spiro atoms. The molecule has 16 nitrogen and oxygen atoms in total. The van der Waals surface area contributed by atoms with Crippen molar-refractivity contribution >= 4 is 44.2 Å². The number of hydrogen-bond donors (Lipinski definition) is 4. The van der Waals surface area contributed by atoms with Crippen molar-refractivity contribution in [3.05, 3.63) is 106 Å². The Labute approximate surface area is 429 Å². The first-order valence-corrected chi connectivity index (χ1v) is 27.6. The third-order valence-electron chi connectivity index (χ3n) is 16.8. The highest BCUT2D eigenvalue weighted by atomic mass is 32.2. The predicted molar refractivity (Wildman–Crippen MR) is 275 cm³/mol. The first-order valence-electron chi connectivity index (χ1n) is 26.1. The number of alkyl halides is 2. The van der Waals surface area contributed by atoms with Gasteiger partial charge in [-0.25, -0.2) is 36.3 Å². The summed E-state index contributed by atoms with van der Waals surface area (Å²) < 4.78 is 79.0. The van der Waals surface area contributed by atoms with Crippen LogP contribution >= 0.6 is 0 Å². The van der Waals surface area contributed by atoms with Crippen molar-refractivity contribution in [1.82, 2.24) is 29.5 Å². The number of carbonyl (C=O) groups excluding carboxylic acids is 1. The van der Waals surface area contributed by atoms with Crippen LogP contribution in [0.2, 0.25) is 0 Å². The summed E-state index contributed by atoms with van der Waals surface area (Å²) in [6.45, 7) is 10.6. The Balaban J connectivity index is 0.838. The van der Waals surface area contributed by atoms with E-state index in [1.807, 2.05) is 4.72 Å². The number of piperidine rings is 1. The van der Waals surface area contributed by atoms with Gasteiger partial charge in [0.2, 0.25) is 11.7 Å². The minimum atomic E-state index is -4.72. The number of nitro groups is 1. The van der Waals surface area contributed by atoms with Crippen LogP contribution in [0.15, 0.2) is 78.1 Å². The van der Waals surface area contributed by atoms with Gasteiger partial charge in [-0.3, -0.25) is 24.7 Å². The van der Waals surface area contributed by atoms with E-state index in [4.69, 9.17) is 4.74 Å². The van der Waals surface area contributed by atoms with E-state index in [0.29, 0.717) is 70.1 Å². The van der Waals surface area contributed by atoms with Crippen molar-refractivity contribution in [2.24, 2.45) is 11.3 Å². The van der Waals surface area contributed by atoms with Crippen molar-refractivity contribution in [2.45, 2.75) is 138 Å². The van der Waals surface area contributed by atoms with Gasteiger partial charge in [-0.05, 0) is 118 Å². The van der Waals surface area contributed by atoms with Gasteiger partial charge in [-0.1, -0.05) is 38.1 Å². The summed E-state index contributed by atoms with van der Waals surface area (Å²) in [4.78, 5) is 43.4. The van der Waals surface area contributed by atoms with Crippen molar-refractivity contribution in [3.8, 4) is 11.5 Å². The number of sulfonamides is 1. The van der Waals surface area contributed by atoms with Gasteiger partial charge < -0.3 is 25.0 Å². The van der Waals surface area contributed by atoms with Crippen LogP contribution < -0.4 is 19.7 Å². The summed E-state index contributed by atoms with van der Waals surface area (Å²) in [6.07, 6.45) is 11.0. The molecule has 0 unspecified atom stereocenters. The van der Waals surface area contributed by atoms with E-state index in [0.717, 1.165) is 63.3 Å². The minimum absolute atomic E-state index is 0.0158. The summed E-state index contributed by atoms with van der Waals surface area (Å²) in [5, 5.41) is 25.6. The van der Waals surface area contributed by atoms with Gasteiger partial charge in [0.25, 0.3) is 15.9 Å². The molecule has 0 bridgehead atoms. The normalized spacial score (nSPS) is 24.7. The van der Waals surface area contributed by atoms with Crippen LogP contribution in [0.3, 0.4) is 0 Å². The number of pyridine rings is 2. The Hall–Kier alpha value is -5.83. The molecule has 10 rings (SSSR count). The quantitative estimate of drug-likeness (QED) is 0.0606.